The minimum atomic E-state index is -2.00. The first-order chi connectivity index (χ1) is 15.7. The highest BCUT2D eigenvalue weighted by Crippen LogP contribution is 2.59. The van der Waals surface area contributed by atoms with E-state index in [0.717, 1.165) is 16.5 Å². The van der Waals surface area contributed by atoms with Gasteiger partial charge in [0.15, 0.2) is 23.9 Å². The molecule has 0 radical (unpaired) electrons. The Kier molecular flexibility index (Phi) is 4.76. The number of ether oxygens (including phenoxy) is 3. The Morgan fingerprint density at radius 3 is 2.12 bits per heavy atom. The number of carbonyl (C=O) groups excluding carboxylic acids is 3. The molecule has 4 atom stereocenters. The zero-order chi connectivity index (χ0) is 23.5. The van der Waals surface area contributed by atoms with Crippen LogP contribution < -0.4 is 0 Å². The molecule has 0 saturated carbocycles. The second kappa shape index (κ2) is 7.42. The Morgan fingerprint density at radius 1 is 0.758 bits per heavy atom. The van der Waals surface area contributed by atoms with Crippen LogP contribution in [0.3, 0.4) is 0 Å². The van der Waals surface area contributed by atoms with E-state index in [1.54, 1.807) is 18.2 Å². The van der Waals surface area contributed by atoms with Gasteiger partial charge in [0.2, 0.25) is 0 Å². The van der Waals surface area contributed by atoms with E-state index in [1.807, 2.05) is 36.4 Å². The summed E-state index contributed by atoms with van der Waals surface area (Å²) in [6.45, 7) is 3.72. The Hall–Kier alpha value is -3.71. The van der Waals surface area contributed by atoms with Crippen LogP contribution >= 0.6 is 0 Å². The van der Waals surface area contributed by atoms with E-state index in [9.17, 15) is 19.5 Å². The molecular formula is C26H22O7. The Labute approximate surface area is 189 Å². The van der Waals surface area contributed by atoms with Gasteiger partial charge in [-0.25, -0.2) is 0 Å². The fourth-order valence-corrected chi connectivity index (χ4v) is 5.26. The van der Waals surface area contributed by atoms with Crippen molar-refractivity contribution in [3.8, 4) is 11.1 Å². The summed E-state index contributed by atoms with van der Waals surface area (Å²) in [4.78, 5) is 36.5. The summed E-state index contributed by atoms with van der Waals surface area (Å²) < 4.78 is 17.0. The van der Waals surface area contributed by atoms with E-state index in [0.29, 0.717) is 22.1 Å². The lowest BCUT2D eigenvalue weighted by molar-refractivity contribution is -0.225. The summed E-state index contributed by atoms with van der Waals surface area (Å²) in [6, 6.07) is 16.6. The van der Waals surface area contributed by atoms with Crippen LogP contribution in [0.2, 0.25) is 0 Å². The van der Waals surface area contributed by atoms with Gasteiger partial charge in [0, 0.05) is 37.5 Å². The monoisotopic (exact) mass is 446 g/mol. The lowest BCUT2D eigenvalue weighted by Crippen LogP contribution is -2.55. The van der Waals surface area contributed by atoms with Gasteiger partial charge in [-0.1, -0.05) is 54.6 Å². The number of esters is 3. The van der Waals surface area contributed by atoms with Crippen LogP contribution in [0.4, 0.5) is 0 Å². The maximum absolute atomic E-state index is 12.5. The maximum Gasteiger partial charge on any atom is 0.303 e. The average Bonchev–Trinajstić information content (AvgIpc) is 2.76. The minimum absolute atomic E-state index is 0.482. The Balaban J connectivity index is 1.94. The van der Waals surface area contributed by atoms with E-state index in [-0.39, 0.29) is 0 Å². The zero-order valence-electron chi connectivity index (χ0n) is 18.3. The molecule has 3 aromatic rings. The number of hydrogen-bond acceptors (Lipinski definition) is 7. The second-order valence-electron chi connectivity index (χ2n) is 8.40. The number of benzene rings is 3. The van der Waals surface area contributed by atoms with Crippen LogP contribution in [0.1, 0.15) is 49.7 Å². The van der Waals surface area contributed by atoms with Crippen molar-refractivity contribution in [2.75, 3.05) is 0 Å². The molecule has 0 aromatic heterocycles. The summed E-state index contributed by atoms with van der Waals surface area (Å²) in [5, 5.41) is 14.0. The molecule has 4 unspecified atom stereocenters. The maximum atomic E-state index is 12.5. The van der Waals surface area contributed by atoms with Crippen molar-refractivity contribution >= 4 is 28.7 Å². The van der Waals surface area contributed by atoms with Crippen molar-refractivity contribution in [2.24, 2.45) is 0 Å². The molecule has 1 N–H and O–H groups in total. The molecule has 0 bridgehead atoms. The third-order valence-corrected chi connectivity index (χ3v) is 6.30. The van der Waals surface area contributed by atoms with Crippen molar-refractivity contribution in [2.45, 2.75) is 44.7 Å². The molecule has 2 aliphatic rings. The fourth-order valence-electron chi connectivity index (χ4n) is 5.26. The average molecular weight is 446 g/mol. The minimum Gasteiger partial charge on any atom is -0.455 e. The van der Waals surface area contributed by atoms with Gasteiger partial charge in [-0.2, -0.15) is 0 Å². The summed E-state index contributed by atoms with van der Waals surface area (Å²) in [5.74, 6) is -1.87. The van der Waals surface area contributed by atoms with Crippen molar-refractivity contribution in [3.63, 3.8) is 0 Å². The van der Waals surface area contributed by atoms with Crippen LogP contribution in [0, 0.1) is 0 Å². The van der Waals surface area contributed by atoms with Crippen molar-refractivity contribution in [3.05, 3.63) is 71.3 Å². The van der Waals surface area contributed by atoms with Gasteiger partial charge in [0.05, 0.1) is 0 Å². The third kappa shape index (κ3) is 3.03. The molecule has 0 spiro atoms. The first kappa shape index (κ1) is 21.2. The zero-order valence-corrected chi connectivity index (χ0v) is 18.3. The van der Waals surface area contributed by atoms with E-state index >= 15 is 0 Å². The predicted molar refractivity (Wildman–Crippen MR) is 118 cm³/mol. The topological polar surface area (TPSA) is 99.1 Å². The van der Waals surface area contributed by atoms with E-state index < -0.39 is 41.8 Å². The van der Waals surface area contributed by atoms with Crippen LogP contribution in [-0.4, -0.2) is 29.1 Å². The first-order valence-corrected chi connectivity index (χ1v) is 10.6. The summed E-state index contributed by atoms with van der Waals surface area (Å²) in [5.41, 5.74) is 1.18. The summed E-state index contributed by atoms with van der Waals surface area (Å²) in [6.07, 6.45) is -3.65. The molecule has 0 aliphatic heterocycles. The van der Waals surface area contributed by atoms with Crippen molar-refractivity contribution in [1.29, 1.82) is 0 Å². The molecule has 3 aromatic carbocycles. The number of rotatable bonds is 3. The number of aliphatic hydroxyl groups is 1. The highest BCUT2D eigenvalue weighted by Gasteiger charge is 2.61. The second-order valence-corrected chi connectivity index (χ2v) is 8.40. The first-order valence-electron chi connectivity index (χ1n) is 10.6. The fraction of sp³-hybridized carbons (Fsp3) is 0.269. The molecule has 168 valence electrons. The standard InChI is InChI=1S/C26H22O7/c1-13(27)31-23-20-10-6-7-16-11-12-18-17-8-4-5-9-19(17)24(32-14(2)28)26(30,22(18)21(16)20)25(23)33-15(3)29/h4-12,23-25,30H,1-3H3. The number of fused-ring (bicyclic) bond motifs is 2. The molecule has 5 rings (SSSR count). The normalized spacial score (nSPS) is 24.5. The van der Waals surface area contributed by atoms with Crippen LogP contribution in [-0.2, 0) is 34.2 Å². The van der Waals surface area contributed by atoms with Gasteiger partial charge in [-0.05, 0) is 21.9 Å². The van der Waals surface area contributed by atoms with Crippen LogP contribution in [0.15, 0.2) is 54.6 Å². The molecule has 0 fully saturated rings. The van der Waals surface area contributed by atoms with E-state index in [4.69, 9.17) is 14.2 Å². The van der Waals surface area contributed by atoms with Gasteiger partial charge in [0.25, 0.3) is 0 Å². The number of hydrogen-bond donors (Lipinski definition) is 1. The van der Waals surface area contributed by atoms with Gasteiger partial charge in [-0.15, -0.1) is 0 Å². The molecule has 7 heteroatoms. The molecule has 0 amide bonds. The molecule has 0 saturated heterocycles. The Morgan fingerprint density at radius 2 is 1.42 bits per heavy atom. The lowest BCUT2D eigenvalue weighted by Gasteiger charge is -2.50. The van der Waals surface area contributed by atoms with Crippen LogP contribution in [0.25, 0.3) is 21.9 Å². The number of carbonyl (C=O) groups is 3. The van der Waals surface area contributed by atoms with Gasteiger partial charge in [0.1, 0.15) is 0 Å². The van der Waals surface area contributed by atoms with E-state index in [1.165, 1.54) is 20.8 Å². The largest absolute Gasteiger partial charge is 0.455 e. The van der Waals surface area contributed by atoms with Gasteiger partial charge in [-0.3, -0.25) is 14.4 Å². The van der Waals surface area contributed by atoms with Crippen LogP contribution in [0.5, 0.6) is 0 Å². The third-order valence-electron chi connectivity index (χ3n) is 6.30. The SMILES string of the molecule is CC(=O)OC1c2cccc3ccc4c(c23)C(O)(C(OC(C)=O)c2ccccc2-4)C1OC(C)=O. The highest BCUT2D eigenvalue weighted by atomic mass is 16.6. The van der Waals surface area contributed by atoms with Crippen molar-refractivity contribution in [1.82, 2.24) is 0 Å². The van der Waals surface area contributed by atoms with Gasteiger partial charge < -0.3 is 19.3 Å². The highest BCUT2D eigenvalue weighted by molar-refractivity contribution is 5.98. The lowest BCUT2D eigenvalue weighted by atomic mass is 9.64. The molecular weight excluding hydrogens is 424 g/mol. The molecule has 0 heterocycles. The summed E-state index contributed by atoms with van der Waals surface area (Å²) in [7, 11) is 0. The predicted octanol–water partition coefficient (Wildman–Crippen LogP) is 3.86. The molecule has 7 nitrogen and oxygen atoms in total. The smallest absolute Gasteiger partial charge is 0.303 e. The Bertz CT molecular complexity index is 1330. The molecule has 2 aliphatic carbocycles. The van der Waals surface area contributed by atoms with Crippen molar-refractivity contribution < 1.29 is 33.7 Å². The quantitative estimate of drug-likeness (QED) is 0.482. The molecule has 33 heavy (non-hydrogen) atoms. The van der Waals surface area contributed by atoms with E-state index in [2.05, 4.69) is 0 Å². The van der Waals surface area contributed by atoms with Gasteiger partial charge >= 0.3 is 17.9 Å². The summed E-state index contributed by atoms with van der Waals surface area (Å²) >= 11 is 0.